The van der Waals surface area contributed by atoms with Crippen molar-refractivity contribution in [2.45, 2.75) is 187 Å². The van der Waals surface area contributed by atoms with Gasteiger partial charge in [-0.15, -0.1) is 0 Å². The number of aliphatic hydroxyl groups excluding tert-OH is 1. The lowest BCUT2D eigenvalue weighted by molar-refractivity contribution is -0.870. The van der Waals surface area contributed by atoms with E-state index in [9.17, 15) is 24.2 Å². The molecular formula is C42H81NO11P+. The van der Waals surface area contributed by atoms with Crippen molar-refractivity contribution in [3.05, 3.63) is 24.0 Å². The Balaban J connectivity index is 4.53. The van der Waals surface area contributed by atoms with Crippen LogP contribution in [0.4, 0.5) is 0 Å². The number of unbranched alkanes of at least 4 members (excludes halogenated alkanes) is 17. The molecule has 3 unspecified atom stereocenters. The summed E-state index contributed by atoms with van der Waals surface area (Å²) in [5.41, 5.74) is 0. The van der Waals surface area contributed by atoms with E-state index in [1.807, 2.05) is 33.3 Å². The second kappa shape index (κ2) is 35.4. The van der Waals surface area contributed by atoms with Crippen molar-refractivity contribution in [1.82, 2.24) is 0 Å². The first-order chi connectivity index (χ1) is 26.3. The smallest absolute Gasteiger partial charge is 0.472 e. The second-order valence-corrected chi connectivity index (χ2v) is 17.3. The Morgan fingerprint density at radius 2 is 1.20 bits per heavy atom. The lowest BCUT2D eigenvalue weighted by Gasteiger charge is -2.24. The first kappa shape index (κ1) is 53.2. The quantitative estimate of drug-likeness (QED) is 0.00793. The molecule has 324 valence electrons. The number of phosphoric ester groups is 1. The molecule has 0 saturated carbocycles. The van der Waals surface area contributed by atoms with Gasteiger partial charge < -0.3 is 24.0 Å². The van der Waals surface area contributed by atoms with Crippen LogP contribution < -0.4 is 0 Å². The fraction of sp³-hybridized carbons (Fsp3) is 0.857. The molecule has 55 heavy (non-hydrogen) atoms. The lowest BCUT2D eigenvalue weighted by Crippen LogP contribution is -2.37. The Morgan fingerprint density at radius 1 is 0.691 bits per heavy atom. The number of esters is 2. The minimum absolute atomic E-state index is 0.00389. The number of aliphatic hydroxyl groups is 1. The summed E-state index contributed by atoms with van der Waals surface area (Å²) in [6.45, 7) is 4.09. The van der Waals surface area contributed by atoms with Gasteiger partial charge in [-0.25, -0.2) is 9.45 Å². The van der Waals surface area contributed by atoms with Gasteiger partial charge in [-0.05, 0) is 38.2 Å². The zero-order valence-corrected chi connectivity index (χ0v) is 36.3. The van der Waals surface area contributed by atoms with Gasteiger partial charge in [0.2, 0.25) is 0 Å². The van der Waals surface area contributed by atoms with Gasteiger partial charge >= 0.3 is 19.8 Å². The Bertz CT molecular complexity index is 1050. The van der Waals surface area contributed by atoms with Crippen molar-refractivity contribution >= 4 is 19.8 Å². The Kier molecular flexibility index (Phi) is 34.2. The highest BCUT2D eigenvalue weighted by atomic mass is 31.2. The van der Waals surface area contributed by atoms with E-state index < -0.39 is 32.5 Å². The molecular weight excluding hydrogens is 725 g/mol. The molecule has 0 saturated heterocycles. The van der Waals surface area contributed by atoms with Crippen molar-refractivity contribution in [2.75, 3.05) is 47.5 Å². The zero-order valence-electron chi connectivity index (χ0n) is 35.4. The average molecular weight is 807 g/mol. The number of ether oxygens (including phenoxy) is 2. The third kappa shape index (κ3) is 37.5. The number of rotatable bonds is 39. The fourth-order valence-corrected chi connectivity index (χ4v) is 6.52. The molecule has 0 aromatic rings. The van der Waals surface area contributed by atoms with Gasteiger partial charge in [-0.3, -0.25) is 23.9 Å². The molecule has 0 fully saturated rings. The predicted molar refractivity (Wildman–Crippen MR) is 220 cm³/mol. The van der Waals surface area contributed by atoms with Gasteiger partial charge in [-0.1, -0.05) is 135 Å². The Morgan fingerprint density at radius 3 is 1.73 bits per heavy atom. The maximum atomic E-state index is 12.7. The largest absolute Gasteiger partial charge is 0.513 e. The van der Waals surface area contributed by atoms with Crippen LogP contribution in [0, 0.1) is 0 Å². The average Bonchev–Trinajstić information content (AvgIpc) is 3.13. The van der Waals surface area contributed by atoms with Crippen LogP contribution in [-0.2, 0) is 37.6 Å². The van der Waals surface area contributed by atoms with Gasteiger partial charge in [0.1, 0.15) is 25.9 Å². The molecule has 0 aliphatic heterocycles. The highest BCUT2D eigenvalue weighted by molar-refractivity contribution is 7.47. The number of nitrogens with zero attached hydrogens (tertiary/aromatic N) is 1. The standard InChI is InChI=1S/C42H80NO11P/c1-6-8-10-11-12-13-14-15-16-17-18-21-24-32-41(45)50-36-40(37-52-55(48,49)51-35-34-43(3,4)5)53-42(46)33-25-22-19-20-23-28-38(44)29-26-27-31-39(54-47)30-9-7-2/h27,29,31,39-40H,6-26,28,30,32-37H2,1-5H3,(H2-,44,47,48,49)/p+1/b31-27-,38-29+. The molecule has 0 aliphatic carbocycles. The minimum Gasteiger partial charge on any atom is -0.513 e. The summed E-state index contributed by atoms with van der Waals surface area (Å²) in [4.78, 5) is 39.8. The van der Waals surface area contributed by atoms with Gasteiger partial charge in [-0.2, -0.15) is 0 Å². The SMILES string of the molecule is CCCCCCCCCCCCCCCC(=O)OCC(COP(=O)(O)OCC[N+](C)(C)C)OC(=O)CCCCCCC/C(O)=C\C/C=C\C(CCCC)OO. The number of carbonyl (C=O) groups is 2. The van der Waals surface area contributed by atoms with Crippen molar-refractivity contribution < 1.29 is 57.3 Å². The highest BCUT2D eigenvalue weighted by Gasteiger charge is 2.27. The van der Waals surface area contributed by atoms with Crippen LogP contribution in [0.15, 0.2) is 24.0 Å². The van der Waals surface area contributed by atoms with Gasteiger partial charge in [0.15, 0.2) is 6.10 Å². The minimum atomic E-state index is -4.41. The molecule has 0 amide bonds. The van der Waals surface area contributed by atoms with Crippen molar-refractivity contribution in [2.24, 2.45) is 0 Å². The van der Waals surface area contributed by atoms with E-state index in [4.69, 9.17) is 23.8 Å². The van der Waals surface area contributed by atoms with Crippen molar-refractivity contribution in [1.29, 1.82) is 0 Å². The number of phosphoric acid groups is 1. The van der Waals surface area contributed by atoms with Crippen LogP contribution in [-0.4, -0.2) is 91.4 Å². The van der Waals surface area contributed by atoms with E-state index in [0.29, 0.717) is 36.0 Å². The predicted octanol–water partition coefficient (Wildman–Crippen LogP) is 10.9. The molecule has 3 N–H and O–H groups in total. The number of hydrogen-bond donors (Lipinski definition) is 3. The number of quaternary nitrogens is 1. The van der Waals surface area contributed by atoms with Gasteiger partial charge in [0, 0.05) is 19.3 Å². The molecule has 0 rings (SSSR count). The van der Waals surface area contributed by atoms with E-state index in [2.05, 4.69) is 18.7 Å². The van der Waals surface area contributed by atoms with Crippen molar-refractivity contribution in [3.8, 4) is 0 Å². The summed E-state index contributed by atoms with van der Waals surface area (Å²) >= 11 is 0. The second-order valence-electron chi connectivity index (χ2n) is 15.8. The highest BCUT2D eigenvalue weighted by Crippen LogP contribution is 2.43. The van der Waals surface area contributed by atoms with Crippen LogP contribution in [0.2, 0.25) is 0 Å². The first-order valence-electron chi connectivity index (χ1n) is 21.4. The zero-order chi connectivity index (χ0) is 41.0. The van der Waals surface area contributed by atoms with Crippen LogP contribution >= 0.6 is 7.82 Å². The number of carbonyl (C=O) groups excluding carboxylic acids is 2. The van der Waals surface area contributed by atoms with Crippen LogP contribution in [0.1, 0.15) is 174 Å². The van der Waals surface area contributed by atoms with Crippen LogP contribution in [0.3, 0.4) is 0 Å². The van der Waals surface area contributed by atoms with Crippen LogP contribution in [0.25, 0.3) is 0 Å². The normalized spacial score (nSPS) is 14.6. The number of hydrogen-bond acceptors (Lipinski definition) is 10. The summed E-state index contributed by atoms with van der Waals surface area (Å²) in [6, 6.07) is 0. The van der Waals surface area contributed by atoms with E-state index in [1.54, 1.807) is 6.08 Å². The lowest BCUT2D eigenvalue weighted by atomic mass is 10.0. The molecule has 0 aromatic carbocycles. The summed E-state index contributed by atoms with van der Waals surface area (Å²) in [7, 11) is 1.38. The van der Waals surface area contributed by atoms with Gasteiger partial charge in [0.25, 0.3) is 0 Å². The number of likely N-dealkylation sites (N-methyl/N-ethyl adjacent to an activating group) is 1. The molecule has 3 atom stereocenters. The van der Waals surface area contributed by atoms with E-state index in [-0.39, 0.29) is 32.2 Å². The van der Waals surface area contributed by atoms with E-state index >= 15 is 0 Å². The molecule has 0 aliphatic rings. The number of allylic oxidation sites excluding steroid dienone is 3. The molecule has 0 spiro atoms. The summed E-state index contributed by atoms with van der Waals surface area (Å²) in [6.07, 6.45) is 28.0. The molecule has 0 aromatic heterocycles. The van der Waals surface area contributed by atoms with E-state index in [1.165, 1.54) is 64.2 Å². The summed E-state index contributed by atoms with van der Waals surface area (Å²) < 4.78 is 34.2. The Hall–Kier alpha value is -1.79. The molecule has 0 radical (unpaired) electrons. The molecule has 12 nitrogen and oxygen atoms in total. The molecule has 13 heteroatoms. The molecule has 0 bridgehead atoms. The summed E-state index contributed by atoms with van der Waals surface area (Å²) in [5, 5.41) is 19.1. The molecule has 0 heterocycles. The first-order valence-corrected chi connectivity index (χ1v) is 22.9. The third-order valence-electron chi connectivity index (χ3n) is 9.28. The monoisotopic (exact) mass is 807 g/mol. The Labute approximate surface area is 334 Å². The topological polar surface area (TPSA) is 158 Å². The summed E-state index contributed by atoms with van der Waals surface area (Å²) in [5.74, 6) is -0.579. The van der Waals surface area contributed by atoms with Gasteiger partial charge in [0.05, 0.1) is 33.5 Å². The third-order valence-corrected chi connectivity index (χ3v) is 10.3. The maximum Gasteiger partial charge on any atom is 0.472 e. The fourth-order valence-electron chi connectivity index (χ4n) is 5.78. The van der Waals surface area contributed by atoms with Crippen molar-refractivity contribution in [3.63, 3.8) is 0 Å². The maximum absolute atomic E-state index is 12.7. The van der Waals surface area contributed by atoms with Crippen LogP contribution in [0.5, 0.6) is 0 Å². The van der Waals surface area contributed by atoms with E-state index in [0.717, 1.165) is 64.2 Å².